The number of nitrogens with zero attached hydrogens (tertiary/aromatic N) is 3. The molecule has 0 aliphatic heterocycles. The van der Waals surface area contributed by atoms with E-state index in [-0.39, 0.29) is 17.6 Å². The first-order valence-electron chi connectivity index (χ1n) is 11.2. The van der Waals surface area contributed by atoms with Crippen LogP contribution in [0.1, 0.15) is 67.7 Å². The van der Waals surface area contributed by atoms with Gasteiger partial charge < -0.3 is 10.0 Å². The molecule has 0 fully saturated rings. The van der Waals surface area contributed by atoms with Gasteiger partial charge in [0.15, 0.2) is 0 Å². The van der Waals surface area contributed by atoms with E-state index in [1.54, 1.807) is 12.1 Å². The number of hydrogen-bond donors (Lipinski definition) is 1. The number of carbonyl (C=O) groups is 1. The van der Waals surface area contributed by atoms with Crippen molar-refractivity contribution in [3.63, 3.8) is 0 Å². The maximum Gasteiger partial charge on any atom is 0.234 e. The second-order valence-corrected chi connectivity index (χ2v) is 8.70. The summed E-state index contributed by atoms with van der Waals surface area (Å²) in [6.45, 7) is 7.66. The third kappa shape index (κ3) is 4.50. The summed E-state index contributed by atoms with van der Waals surface area (Å²) in [5.74, 6) is 0.486. The number of carbonyl (C=O) groups excluding carboxylic acids is 1. The Labute approximate surface area is 184 Å². The molecule has 1 amide bonds. The Kier molecular flexibility index (Phi) is 6.12. The first-order chi connectivity index (χ1) is 15.0. The van der Waals surface area contributed by atoms with Crippen molar-refractivity contribution in [2.24, 2.45) is 0 Å². The van der Waals surface area contributed by atoms with Crippen LogP contribution in [0.3, 0.4) is 0 Å². The third-order valence-electron chi connectivity index (χ3n) is 6.23. The number of anilines is 1. The molecule has 162 valence electrons. The summed E-state index contributed by atoms with van der Waals surface area (Å²) in [4.78, 5) is 15.8. The Bertz CT molecular complexity index is 1050. The molecule has 1 atom stereocenters. The summed E-state index contributed by atoms with van der Waals surface area (Å²) in [5, 5.41) is 14.4. The molecule has 0 saturated heterocycles. The van der Waals surface area contributed by atoms with Gasteiger partial charge in [-0.05, 0) is 73.1 Å². The smallest absolute Gasteiger partial charge is 0.234 e. The number of amides is 1. The second-order valence-electron chi connectivity index (χ2n) is 8.70. The molecule has 3 aromatic rings. The van der Waals surface area contributed by atoms with Crippen molar-refractivity contribution in [1.29, 1.82) is 0 Å². The Balaban J connectivity index is 1.70. The second kappa shape index (κ2) is 8.96. The zero-order chi connectivity index (χ0) is 22.0. The van der Waals surface area contributed by atoms with Crippen molar-refractivity contribution in [2.45, 2.75) is 65.0 Å². The SMILES string of the molecule is CCn1cc(CN(C(=O)C2CCCc3ccc(O)cc32)c2ccc(C(C)C)cc2)cn1. The number of aromatic nitrogens is 2. The molecule has 1 aliphatic carbocycles. The summed E-state index contributed by atoms with van der Waals surface area (Å²) in [6, 6.07) is 13.7. The van der Waals surface area contributed by atoms with Gasteiger partial charge in [0.1, 0.15) is 5.75 Å². The number of phenols is 1. The van der Waals surface area contributed by atoms with Crippen LogP contribution in [0.25, 0.3) is 0 Å². The highest BCUT2D eigenvalue weighted by atomic mass is 16.3. The van der Waals surface area contributed by atoms with E-state index < -0.39 is 0 Å². The molecular weight excluding hydrogens is 386 g/mol. The Morgan fingerprint density at radius 2 is 2.00 bits per heavy atom. The number of hydrogen-bond acceptors (Lipinski definition) is 3. The highest BCUT2D eigenvalue weighted by Crippen LogP contribution is 2.36. The Morgan fingerprint density at radius 3 is 2.68 bits per heavy atom. The minimum Gasteiger partial charge on any atom is -0.508 e. The average molecular weight is 418 g/mol. The van der Waals surface area contributed by atoms with Crippen LogP contribution in [0.2, 0.25) is 0 Å². The molecule has 0 bridgehead atoms. The number of fused-ring (bicyclic) bond motifs is 1. The van der Waals surface area contributed by atoms with Gasteiger partial charge in [-0.15, -0.1) is 0 Å². The third-order valence-corrected chi connectivity index (χ3v) is 6.23. The molecule has 0 saturated carbocycles. The van der Waals surface area contributed by atoms with Crippen molar-refractivity contribution >= 4 is 11.6 Å². The fourth-order valence-electron chi connectivity index (χ4n) is 4.41. The molecule has 2 aromatic carbocycles. The van der Waals surface area contributed by atoms with Gasteiger partial charge in [-0.1, -0.05) is 32.0 Å². The van der Waals surface area contributed by atoms with Crippen molar-refractivity contribution < 1.29 is 9.90 Å². The first kappa shape index (κ1) is 21.2. The molecule has 31 heavy (non-hydrogen) atoms. The number of aromatic hydroxyl groups is 1. The number of aryl methyl sites for hydroxylation is 2. The van der Waals surface area contributed by atoms with E-state index >= 15 is 0 Å². The molecule has 4 rings (SSSR count). The minimum absolute atomic E-state index is 0.0769. The van der Waals surface area contributed by atoms with Crippen LogP contribution in [-0.2, 0) is 24.3 Å². The number of benzene rings is 2. The van der Waals surface area contributed by atoms with Gasteiger partial charge in [-0.3, -0.25) is 9.48 Å². The van der Waals surface area contributed by atoms with Gasteiger partial charge in [-0.2, -0.15) is 5.10 Å². The molecule has 1 aromatic heterocycles. The molecule has 0 spiro atoms. The van der Waals surface area contributed by atoms with Crippen LogP contribution in [0, 0.1) is 0 Å². The lowest BCUT2D eigenvalue weighted by Gasteiger charge is -2.31. The highest BCUT2D eigenvalue weighted by molar-refractivity contribution is 5.98. The van der Waals surface area contributed by atoms with E-state index in [0.29, 0.717) is 12.5 Å². The predicted octanol–water partition coefficient (Wildman–Crippen LogP) is 5.39. The van der Waals surface area contributed by atoms with Gasteiger partial charge in [0.2, 0.25) is 5.91 Å². The fraction of sp³-hybridized carbons (Fsp3) is 0.385. The van der Waals surface area contributed by atoms with E-state index in [9.17, 15) is 9.90 Å². The lowest BCUT2D eigenvalue weighted by molar-refractivity contribution is -0.120. The molecular formula is C26H31N3O2. The Morgan fingerprint density at radius 1 is 1.23 bits per heavy atom. The van der Waals surface area contributed by atoms with E-state index in [4.69, 9.17) is 0 Å². The maximum absolute atomic E-state index is 13.9. The first-order valence-corrected chi connectivity index (χ1v) is 11.2. The molecule has 5 nitrogen and oxygen atoms in total. The summed E-state index contributed by atoms with van der Waals surface area (Å²) >= 11 is 0. The van der Waals surface area contributed by atoms with Crippen LogP contribution in [0.15, 0.2) is 54.9 Å². The van der Waals surface area contributed by atoms with Gasteiger partial charge in [-0.25, -0.2) is 0 Å². The average Bonchev–Trinajstić information content (AvgIpc) is 3.24. The molecule has 1 N–H and O–H groups in total. The van der Waals surface area contributed by atoms with Crippen LogP contribution >= 0.6 is 0 Å². The molecule has 0 radical (unpaired) electrons. The maximum atomic E-state index is 13.9. The van der Waals surface area contributed by atoms with E-state index in [0.717, 1.165) is 48.2 Å². The molecule has 5 heteroatoms. The quantitative estimate of drug-likeness (QED) is 0.585. The minimum atomic E-state index is -0.248. The van der Waals surface area contributed by atoms with Crippen molar-refractivity contribution in [3.8, 4) is 5.75 Å². The zero-order valence-electron chi connectivity index (χ0n) is 18.6. The monoisotopic (exact) mass is 417 g/mol. The molecule has 1 aliphatic rings. The van der Waals surface area contributed by atoms with Gasteiger partial charge in [0.05, 0.1) is 18.7 Å². The standard InChI is InChI=1S/C26H31N3O2/c1-4-28-16-19(15-27-28)17-29(22-11-8-20(9-12-22)18(2)3)26(31)24-7-5-6-21-10-13-23(30)14-25(21)24/h8-16,18,24,30H,4-7,17H2,1-3H3. The van der Waals surface area contributed by atoms with Crippen LogP contribution in [0.5, 0.6) is 5.75 Å². The molecule has 1 heterocycles. The van der Waals surface area contributed by atoms with Crippen molar-refractivity contribution in [2.75, 3.05) is 4.90 Å². The summed E-state index contributed by atoms with van der Waals surface area (Å²) in [6.07, 6.45) is 6.56. The lowest BCUT2D eigenvalue weighted by atomic mass is 9.81. The van der Waals surface area contributed by atoms with Gasteiger partial charge in [0.25, 0.3) is 0 Å². The topological polar surface area (TPSA) is 58.4 Å². The number of rotatable bonds is 6. The lowest BCUT2D eigenvalue weighted by Crippen LogP contribution is -2.36. The predicted molar refractivity (Wildman–Crippen MR) is 123 cm³/mol. The largest absolute Gasteiger partial charge is 0.508 e. The van der Waals surface area contributed by atoms with E-state index in [2.05, 4.69) is 38.0 Å². The van der Waals surface area contributed by atoms with Crippen molar-refractivity contribution in [3.05, 3.63) is 77.1 Å². The fourth-order valence-corrected chi connectivity index (χ4v) is 4.41. The van der Waals surface area contributed by atoms with Crippen LogP contribution in [0.4, 0.5) is 5.69 Å². The molecule has 1 unspecified atom stereocenters. The summed E-state index contributed by atoms with van der Waals surface area (Å²) in [5.41, 5.74) is 5.28. The van der Waals surface area contributed by atoms with Crippen LogP contribution < -0.4 is 4.90 Å². The summed E-state index contributed by atoms with van der Waals surface area (Å²) < 4.78 is 1.88. The van der Waals surface area contributed by atoms with Gasteiger partial charge in [0, 0.05) is 24.0 Å². The highest BCUT2D eigenvalue weighted by Gasteiger charge is 2.31. The number of phenolic OH excluding ortho intramolecular Hbond substituents is 1. The normalized spacial score (nSPS) is 15.7. The van der Waals surface area contributed by atoms with E-state index in [1.165, 1.54) is 5.56 Å². The van der Waals surface area contributed by atoms with Crippen LogP contribution in [-0.4, -0.2) is 20.8 Å². The van der Waals surface area contributed by atoms with E-state index in [1.807, 2.05) is 40.2 Å². The summed E-state index contributed by atoms with van der Waals surface area (Å²) in [7, 11) is 0. The van der Waals surface area contributed by atoms with Crippen molar-refractivity contribution in [1.82, 2.24) is 9.78 Å². The Hall–Kier alpha value is -3.08. The zero-order valence-corrected chi connectivity index (χ0v) is 18.6. The van der Waals surface area contributed by atoms with Gasteiger partial charge >= 0.3 is 0 Å².